The van der Waals surface area contributed by atoms with Crippen molar-refractivity contribution in [2.75, 3.05) is 13.7 Å². The predicted octanol–water partition coefficient (Wildman–Crippen LogP) is 0.467. The maximum absolute atomic E-state index is 12.2. The van der Waals surface area contributed by atoms with Crippen molar-refractivity contribution in [2.45, 2.75) is 13.1 Å². The Morgan fingerprint density at radius 3 is 2.96 bits per heavy atom. The Morgan fingerprint density at radius 1 is 1.29 bits per heavy atom. The largest absolute Gasteiger partial charge is 0.383 e. The molecular weight excluding hydrogens is 310 g/mol. The summed E-state index contributed by atoms with van der Waals surface area (Å²) in [5.41, 5.74) is 1.45. The number of carbonyl (C=O) groups is 1. The molecule has 0 aromatic carbocycles. The Kier molecular flexibility index (Phi) is 4.66. The Hall–Kier alpha value is -3.00. The molecule has 8 heteroatoms. The average molecular weight is 327 g/mol. The molecule has 0 spiro atoms. The summed E-state index contributed by atoms with van der Waals surface area (Å²) in [5, 5.41) is 6.81. The third-order valence-electron chi connectivity index (χ3n) is 3.45. The number of nitrogens with one attached hydrogen (secondary N) is 1. The number of carbonyl (C=O) groups excluding carboxylic acids is 1. The molecule has 124 valence electrons. The van der Waals surface area contributed by atoms with E-state index in [1.807, 2.05) is 35.0 Å². The number of rotatable bonds is 6. The minimum atomic E-state index is -0.363. The van der Waals surface area contributed by atoms with Crippen LogP contribution in [-0.4, -0.2) is 38.8 Å². The Labute approximate surface area is 137 Å². The lowest BCUT2D eigenvalue weighted by Crippen LogP contribution is -2.30. The van der Waals surface area contributed by atoms with E-state index in [0.29, 0.717) is 13.2 Å². The molecule has 0 saturated carbocycles. The first-order valence-electron chi connectivity index (χ1n) is 7.45. The van der Waals surface area contributed by atoms with Crippen LogP contribution in [-0.2, 0) is 17.8 Å². The van der Waals surface area contributed by atoms with Crippen molar-refractivity contribution in [1.29, 1.82) is 0 Å². The molecule has 0 bridgehead atoms. The minimum absolute atomic E-state index is 0.175. The number of aromatic nitrogens is 4. The lowest BCUT2D eigenvalue weighted by Gasteiger charge is -2.06. The second-order valence-corrected chi connectivity index (χ2v) is 5.15. The fraction of sp³-hybridized carbons (Fsp3) is 0.250. The van der Waals surface area contributed by atoms with Crippen molar-refractivity contribution >= 4 is 11.6 Å². The standard InChI is InChI=1S/C16H17N5O3/c1-24-9-8-21-15(22)6-5-13(19-21)16(23)17-10-12-11-20-7-3-2-4-14(20)18-12/h2-7,11H,8-10H2,1H3,(H,17,23). The van der Waals surface area contributed by atoms with Gasteiger partial charge in [0.25, 0.3) is 11.5 Å². The van der Waals surface area contributed by atoms with Gasteiger partial charge < -0.3 is 14.5 Å². The summed E-state index contributed by atoms with van der Waals surface area (Å²) >= 11 is 0. The number of hydrogen-bond donors (Lipinski definition) is 1. The Bertz CT molecular complexity index is 882. The minimum Gasteiger partial charge on any atom is -0.383 e. The van der Waals surface area contributed by atoms with Crippen molar-refractivity contribution in [2.24, 2.45) is 0 Å². The van der Waals surface area contributed by atoms with Crippen LogP contribution in [0.5, 0.6) is 0 Å². The van der Waals surface area contributed by atoms with Crippen LogP contribution < -0.4 is 10.9 Å². The van der Waals surface area contributed by atoms with Gasteiger partial charge in [0.1, 0.15) is 11.3 Å². The monoisotopic (exact) mass is 327 g/mol. The molecule has 0 aliphatic carbocycles. The van der Waals surface area contributed by atoms with Gasteiger partial charge in [0.15, 0.2) is 0 Å². The van der Waals surface area contributed by atoms with Crippen LogP contribution in [0.1, 0.15) is 16.2 Å². The number of fused-ring (bicyclic) bond motifs is 1. The first kappa shape index (κ1) is 15.9. The summed E-state index contributed by atoms with van der Waals surface area (Å²) in [6, 6.07) is 8.42. The smallest absolute Gasteiger partial charge is 0.272 e. The van der Waals surface area contributed by atoms with Gasteiger partial charge in [0.05, 0.1) is 25.4 Å². The third kappa shape index (κ3) is 3.49. The van der Waals surface area contributed by atoms with Crippen LogP contribution in [0.25, 0.3) is 5.65 Å². The molecule has 0 aliphatic rings. The summed E-state index contributed by atoms with van der Waals surface area (Å²) in [5.74, 6) is -0.363. The van der Waals surface area contributed by atoms with Crippen molar-refractivity contribution in [3.8, 4) is 0 Å². The number of pyridine rings is 1. The summed E-state index contributed by atoms with van der Waals surface area (Å²) in [7, 11) is 1.54. The fourth-order valence-corrected chi connectivity index (χ4v) is 2.24. The zero-order chi connectivity index (χ0) is 16.9. The van der Waals surface area contributed by atoms with E-state index in [2.05, 4.69) is 15.4 Å². The molecule has 3 heterocycles. The van der Waals surface area contributed by atoms with Gasteiger partial charge in [-0.15, -0.1) is 0 Å². The normalized spacial score (nSPS) is 10.9. The second-order valence-electron chi connectivity index (χ2n) is 5.15. The Balaban J connectivity index is 1.69. The highest BCUT2D eigenvalue weighted by Gasteiger charge is 2.10. The highest BCUT2D eigenvalue weighted by molar-refractivity contribution is 5.91. The zero-order valence-corrected chi connectivity index (χ0v) is 13.2. The zero-order valence-electron chi connectivity index (χ0n) is 13.2. The van der Waals surface area contributed by atoms with Crippen LogP contribution in [0.4, 0.5) is 0 Å². The van der Waals surface area contributed by atoms with Crippen LogP contribution in [0.15, 0.2) is 47.5 Å². The maximum Gasteiger partial charge on any atom is 0.272 e. The molecule has 0 atom stereocenters. The van der Waals surface area contributed by atoms with Gasteiger partial charge in [-0.1, -0.05) is 6.07 Å². The number of methoxy groups -OCH3 is 1. The van der Waals surface area contributed by atoms with Crippen molar-refractivity contribution in [1.82, 2.24) is 24.5 Å². The molecule has 24 heavy (non-hydrogen) atoms. The van der Waals surface area contributed by atoms with Crippen LogP contribution in [0, 0.1) is 0 Å². The van der Waals surface area contributed by atoms with E-state index in [4.69, 9.17) is 4.74 Å². The summed E-state index contributed by atoms with van der Waals surface area (Å²) in [6.45, 7) is 0.918. The van der Waals surface area contributed by atoms with E-state index in [-0.39, 0.29) is 23.7 Å². The summed E-state index contributed by atoms with van der Waals surface area (Å²) < 4.78 is 8.02. The van der Waals surface area contributed by atoms with Gasteiger partial charge in [0, 0.05) is 25.6 Å². The van der Waals surface area contributed by atoms with Crippen LogP contribution in [0.2, 0.25) is 0 Å². The number of ether oxygens (including phenoxy) is 1. The van der Waals surface area contributed by atoms with E-state index in [0.717, 1.165) is 11.3 Å². The van der Waals surface area contributed by atoms with Crippen molar-refractivity contribution < 1.29 is 9.53 Å². The van der Waals surface area contributed by atoms with Gasteiger partial charge in [-0.3, -0.25) is 9.59 Å². The molecule has 0 radical (unpaired) electrons. The number of amides is 1. The summed E-state index contributed by atoms with van der Waals surface area (Å²) in [4.78, 5) is 28.3. The average Bonchev–Trinajstić information content (AvgIpc) is 3.02. The molecule has 3 aromatic rings. The second kappa shape index (κ2) is 7.05. The topological polar surface area (TPSA) is 90.5 Å². The molecule has 1 N–H and O–H groups in total. The van der Waals surface area contributed by atoms with E-state index in [1.165, 1.54) is 23.9 Å². The molecule has 3 aromatic heterocycles. The molecule has 3 rings (SSSR count). The highest BCUT2D eigenvalue weighted by atomic mass is 16.5. The third-order valence-corrected chi connectivity index (χ3v) is 3.45. The SMILES string of the molecule is COCCn1nc(C(=O)NCc2cn3ccccc3n2)ccc1=O. The van der Waals surface area contributed by atoms with Gasteiger partial charge in [-0.2, -0.15) is 5.10 Å². The van der Waals surface area contributed by atoms with E-state index < -0.39 is 0 Å². The van der Waals surface area contributed by atoms with Crippen LogP contribution >= 0.6 is 0 Å². The van der Waals surface area contributed by atoms with E-state index in [9.17, 15) is 9.59 Å². The maximum atomic E-state index is 12.2. The molecule has 0 unspecified atom stereocenters. The quantitative estimate of drug-likeness (QED) is 0.710. The first-order valence-corrected chi connectivity index (χ1v) is 7.45. The number of imidazole rings is 1. The van der Waals surface area contributed by atoms with Crippen molar-refractivity contribution in [3.63, 3.8) is 0 Å². The van der Waals surface area contributed by atoms with Gasteiger partial charge in [-0.05, 0) is 18.2 Å². The molecule has 0 fully saturated rings. The van der Waals surface area contributed by atoms with Gasteiger partial charge >= 0.3 is 0 Å². The predicted molar refractivity (Wildman–Crippen MR) is 86.7 cm³/mol. The lowest BCUT2D eigenvalue weighted by molar-refractivity contribution is 0.0941. The van der Waals surface area contributed by atoms with E-state index >= 15 is 0 Å². The molecule has 8 nitrogen and oxygen atoms in total. The molecule has 0 aliphatic heterocycles. The number of nitrogens with zero attached hydrogens (tertiary/aromatic N) is 4. The molecular formula is C16H17N5O3. The Morgan fingerprint density at radius 2 is 2.17 bits per heavy atom. The molecule has 1 amide bonds. The van der Waals surface area contributed by atoms with E-state index in [1.54, 1.807) is 0 Å². The van der Waals surface area contributed by atoms with Gasteiger partial charge in [0.2, 0.25) is 0 Å². The van der Waals surface area contributed by atoms with Crippen molar-refractivity contribution in [3.05, 3.63) is 64.5 Å². The van der Waals surface area contributed by atoms with Gasteiger partial charge in [-0.25, -0.2) is 9.67 Å². The lowest BCUT2D eigenvalue weighted by atomic mass is 10.3. The highest BCUT2D eigenvalue weighted by Crippen LogP contribution is 2.04. The first-order chi connectivity index (χ1) is 11.7. The summed E-state index contributed by atoms with van der Waals surface area (Å²) in [6.07, 6.45) is 3.74. The number of hydrogen-bond acceptors (Lipinski definition) is 5. The fourth-order valence-electron chi connectivity index (χ4n) is 2.24. The molecule has 0 saturated heterocycles. The van der Waals surface area contributed by atoms with Crippen LogP contribution in [0.3, 0.4) is 0 Å².